The summed E-state index contributed by atoms with van der Waals surface area (Å²) in [5.74, 6) is 1.64. The average molecular weight is 364 g/mol. The molecule has 4 rings (SSSR count). The predicted octanol–water partition coefficient (Wildman–Crippen LogP) is 3.94. The molecular weight excluding hydrogens is 340 g/mol. The van der Waals surface area contributed by atoms with Crippen molar-refractivity contribution in [3.63, 3.8) is 0 Å². The van der Waals surface area contributed by atoms with Crippen molar-refractivity contribution < 1.29 is 19.4 Å². The summed E-state index contributed by atoms with van der Waals surface area (Å²) >= 11 is 0. The van der Waals surface area contributed by atoms with Gasteiger partial charge in [0.25, 0.3) is 0 Å². The number of hydrogen-bond acceptors (Lipinski definition) is 4. The van der Waals surface area contributed by atoms with Crippen LogP contribution in [0.1, 0.15) is 47.3 Å². The van der Waals surface area contributed by atoms with E-state index in [9.17, 15) is 4.79 Å². The summed E-state index contributed by atoms with van der Waals surface area (Å²) in [5, 5.41) is 8.94. The molecule has 27 heavy (non-hydrogen) atoms. The minimum atomic E-state index is -0.263. The molecule has 0 saturated carbocycles. The largest absolute Gasteiger partial charge is 0.497 e. The van der Waals surface area contributed by atoms with Gasteiger partial charge in [-0.3, -0.25) is 4.79 Å². The van der Waals surface area contributed by atoms with Crippen molar-refractivity contribution in [2.45, 2.75) is 32.1 Å². The van der Waals surface area contributed by atoms with E-state index >= 15 is 0 Å². The summed E-state index contributed by atoms with van der Waals surface area (Å²) in [7, 11) is 1.66. The van der Waals surface area contributed by atoms with Crippen molar-refractivity contribution in [3.8, 4) is 11.5 Å². The van der Waals surface area contributed by atoms with Gasteiger partial charge < -0.3 is 14.6 Å². The zero-order valence-electron chi connectivity index (χ0n) is 16.0. The van der Waals surface area contributed by atoms with Crippen LogP contribution in [0, 0.1) is 0 Å². The molecule has 4 heteroatoms. The van der Waals surface area contributed by atoms with E-state index in [0.717, 1.165) is 51.3 Å². The Morgan fingerprint density at radius 1 is 1.07 bits per heavy atom. The summed E-state index contributed by atoms with van der Waals surface area (Å²) in [6, 6.07) is 11.7. The average Bonchev–Trinajstić information content (AvgIpc) is 3.06. The van der Waals surface area contributed by atoms with Crippen LogP contribution >= 0.6 is 0 Å². The molecule has 0 aromatic heterocycles. The number of methoxy groups -OCH3 is 1. The van der Waals surface area contributed by atoms with Crippen LogP contribution in [0.4, 0.5) is 0 Å². The first-order valence-electron chi connectivity index (χ1n) is 9.31. The SMILES string of the molecule is COc1ccc2c(c1)CC1=C2C(=O)c2ccc(OCCCO)cc2C1(C)C. The summed E-state index contributed by atoms with van der Waals surface area (Å²) in [4.78, 5) is 13.3. The molecule has 0 aliphatic heterocycles. The summed E-state index contributed by atoms with van der Waals surface area (Å²) < 4.78 is 11.1. The Bertz CT molecular complexity index is 953. The van der Waals surface area contributed by atoms with E-state index in [4.69, 9.17) is 14.6 Å². The van der Waals surface area contributed by atoms with Crippen LogP contribution in [0.25, 0.3) is 5.57 Å². The zero-order valence-corrected chi connectivity index (χ0v) is 16.0. The molecule has 2 aliphatic rings. The fourth-order valence-corrected chi connectivity index (χ4v) is 4.20. The number of rotatable bonds is 5. The molecule has 0 heterocycles. The maximum Gasteiger partial charge on any atom is 0.193 e. The van der Waals surface area contributed by atoms with Crippen LogP contribution in [0.2, 0.25) is 0 Å². The molecule has 0 spiro atoms. The Kier molecular flexibility index (Phi) is 4.31. The molecule has 2 aliphatic carbocycles. The maximum absolute atomic E-state index is 13.3. The van der Waals surface area contributed by atoms with Crippen molar-refractivity contribution in [1.82, 2.24) is 0 Å². The van der Waals surface area contributed by atoms with Gasteiger partial charge in [-0.2, -0.15) is 0 Å². The highest BCUT2D eigenvalue weighted by atomic mass is 16.5. The highest BCUT2D eigenvalue weighted by molar-refractivity contribution is 6.33. The molecule has 2 aromatic rings. The van der Waals surface area contributed by atoms with Crippen LogP contribution in [0.3, 0.4) is 0 Å². The number of carbonyl (C=O) groups is 1. The molecule has 2 aromatic carbocycles. The van der Waals surface area contributed by atoms with Crippen LogP contribution in [-0.2, 0) is 11.8 Å². The number of ether oxygens (including phenoxy) is 2. The molecule has 0 saturated heterocycles. The third-order valence-electron chi connectivity index (χ3n) is 5.71. The number of benzene rings is 2. The maximum atomic E-state index is 13.3. The van der Waals surface area contributed by atoms with Crippen LogP contribution in [0.15, 0.2) is 42.0 Å². The molecule has 0 unspecified atom stereocenters. The smallest absolute Gasteiger partial charge is 0.193 e. The molecular formula is C23H24O4. The van der Waals surface area contributed by atoms with E-state index < -0.39 is 0 Å². The summed E-state index contributed by atoms with van der Waals surface area (Å²) in [5.41, 5.74) is 5.67. The van der Waals surface area contributed by atoms with Crippen LogP contribution < -0.4 is 9.47 Å². The van der Waals surface area contributed by atoms with E-state index in [1.807, 2.05) is 36.4 Å². The van der Waals surface area contributed by atoms with Gasteiger partial charge in [0, 0.05) is 29.6 Å². The zero-order chi connectivity index (χ0) is 19.2. The summed E-state index contributed by atoms with van der Waals surface area (Å²) in [6.45, 7) is 4.91. The quantitative estimate of drug-likeness (QED) is 0.817. The number of hydrogen-bond donors (Lipinski definition) is 1. The highest BCUT2D eigenvalue weighted by Gasteiger charge is 2.42. The molecule has 0 atom stereocenters. The first kappa shape index (κ1) is 17.8. The minimum Gasteiger partial charge on any atom is -0.497 e. The predicted molar refractivity (Wildman–Crippen MR) is 105 cm³/mol. The van der Waals surface area contributed by atoms with Crippen LogP contribution in [-0.4, -0.2) is 31.2 Å². The van der Waals surface area contributed by atoms with Gasteiger partial charge in [0.15, 0.2) is 5.78 Å². The molecule has 0 fully saturated rings. The lowest BCUT2D eigenvalue weighted by molar-refractivity contribution is 0.105. The molecule has 0 amide bonds. The van der Waals surface area contributed by atoms with Gasteiger partial charge in [0.05, 0.1) is 13.7 Å². The standard InChI is InChI=1S/C23H24O4/c1-23(2)19-13-16(27-10-4-9-24)6-8-18(19)22(25)21-17-7-5-15(26-3)11-14(17)12-20(21)23/h5-8,11,13,24H,4,9-10,12H2,1-3H3. The van der Waals surface area contributed by atoms with Crippen molar-refractivity contribution in [2.24, 2.45) is 0 Å². The van der Waals surface area contributed by atoms with E-state index in [1.165, 1.54) is 0 Å². The van der Waals surface area contributed by atoms with E-state index in [-0.39, 0.29) is 17.8 Å². The monoisotopic (exact) mass is 364 g/mol. The van der Waals surface area contributed by atoms with Crippen molar-refractivity contribution >= 4 is 11.4 Å². The van der Waals surface area contributed by atoms with E-state index in [1.54, 1.807) is 7.11 Å². The number of fused-ring (bicyclic) bond motifs is 3. The number of aliphatic hydroxyl groups excluding tert-OH is 1. The molecule has 140 valence electrons. The Labute approximate surface area is 159 Å². The second-order valence-corrected chi connectivity index (χ2v) is 7.64. The number of carbonyl (C=O) groups excluding carboxylic acids is 1. The van der Waals surface area contributed by atoms with Crippen LogP contribution in [0.5, 0.6) is 11.5 Å². The lowest BCUT2D eigenvalue weighted by atomic mass is 9.68. The molecule has 0 radical (unpaired) electrons. The molecule has 4 nitrogen and oxygen atoms in total. The van der Waals surface area contributed by atoms with Gasteiger partial charge in [0.2, 0.25) is 0 Å². The second-order valence-electron chi connectivity index (χ2n) is 7.64. The fourth-order valence-electron chi connectivity index (χ4n) is 4.20. The number of Topliss-reactive ketones (excluding diaryl/α,β-unsaturated/α-hetero) is 1. The van der Waals surface area contributed by atoms with Gasteiger partial charge in [-0.15, -0.1) is 0 Å². The first-order valence-corrected chi connectivity index (χ1v) is 9.31. The highest BCUT2D eigenvalue weighted by Crippen LogP contribution is 2.50. The van der Waals surface area contributed by atoms with Crippen molar-refractivity contribution in [1.29, 1.82) is 0 Å². The lowest BCUT2D eigenvalue weighted by Crippen LogP contribution is -2.29. The second kappa shape index (κ2) is 6.54. The topological polar surface area (TPSA) is 55.8 Å². The van der Waals surface area contributed by atoms with E-state index in [2.05, 4.69) is 13.8 Å². The fraction of sp³-hybridized carbons (Fsp3) is 0.348. The van der Waals surface area contributed by atoms with Gasteiger partial charge >= 0.3 is 0 Å². The van der Waals surface area contributed by atoms with Crippen molar-refractivity contribution in [3.05, 3.63) is 64.2 Å². The van der Waals surface area contributed by atoms with Crippen molar-refractivity contribution in [2.75, 3.05) is 20.3 Å². The van der Waals surface area contributed by atoms with E-state index in [0.29, 0.717) is 13.0 Å². The van der Waals surface area contributed by atoms with Gasteiger partial charge in [0.1, 0.15) is 11.5 Å². The third kappa shape index (κ3) is 2.76. The normalized spacial score (nSPS) is 16.7. The Hall–Kier alpha value is -2.59. The molecule has 0 bridgehead atoms. The lowest BCUT2D eigenvalue weighted by Gasteiger charge is -2.34. The van der Waals surface area contributed by atoms with Gasteiger partial charge in [-0.25, -0.2) is 0 Å². The Morgan fingerprint density at radius 2 is 1.81 bits per heavy atom. The van der Waals surface area contributed by atoms with Gasteiger partial charge in [-0.1, -0.05) is 19.9 Å². The minimum absolute atomic E-state index is 0.0881. The number of ketones is 1. The number of allylic oxidation sites excluding steroid dienone is 2. The number of aliphatic hydroxyl groups is 1. The summed E-state index contributed by atoms with van der Waals surface area (Å²) in [6.07, 6.45) is 1.35. The Balaban J connectivity index is 1.76. The first-order chi connectivity index (χ1) is 13.0. The Morgan fingerprint density at radius 3 is 2.56 bits per heavy atom. The molecule has 1 N–H and O–H groups in total. The third-order valence-corrected chi connectivity index (χ3v) is 5.71. The van der Waals surface area contributed by atoms with Gasteiger partial charge in [-0.05, 0) is 59.0 Å².